The summed E-state index contributed by atoms with van der Waals surface area (Å²) in [5.41, 5.74) is 1.13. The zero-order chi connectivity index (χ0) is 12.7. The van der Waals surface area contributed by atoms with Crippen molar-refractivity contribution >= 4 is 28.6 Å². The molecule has 1 aliphatic heterocycles. The number of aromatic nitrogens is 2. The standard InChI is InChI=1S/C12H11ClN2O3/c1-17-12(16)9-4-10(13)14-11-8(9)2-3-15(11)7-5-18-6-7/h2-4,7H,5-6H2,1H3. The van der Waals surface area contributed by atoms with Gasteiger partial charge in [0.25, 0.3) is 0 Å². The third kappa shape index (κ3) is 1.67. The average Bonchev–Trinajstić information content (AvgIpc) is 2.69. The maximum Gasteiger partial charge on any atom is 0.338 e. The first-order valence-corrected chi connectivity index (χ1v) is 5.91. The van der Waals surface area contributed by atoms with Crippen LogP contribution in [0.15, 0.2) is 18.3 Å². The van der Waals surface area contributed by atoms with E-state index < -0.39 is 5.97 Å². The minimum Gasteiger partial charge on any atom is -0.465 e. The monoisotopic (exact) mass is 266 g/mol. The molecule has 94 valence electrons. The lowest BCUT2D eigenvalue weighted by atomic mass is 10.2. The summed E-state index contributed by atoms with van der Waals surface area (Å²) >= 11 is 5.96. The molecule has 3 heterocycles. The van der Waals surface area contributed by atoms with Crippen LogP contribution in [0.1, 0.15) is 16.4 Å². The van der Waals surface area contributed by atoms with Gasteiger partial charge >= 0.3 is 5.97 Å². The van der Waals surface area contributed by atoms with E-state index in [2.05, 4.69) is 4.98 Å². The molecule has 0 spiro atoms. The lowest BCUT2D eigenvalue weighted by molar-refractivity contribution is -0.0216. The fourth-order valence-electron chi connectivity index (χ4n) is 2.05. The van der Waals surface area contributed by atoms with Gasteiger partial charge in [0, 0.05) is 11.6 Å². The molecule has 2 aromatic heterocycles. The van der Waals surface area contributed by atoms with Crippen molar-refractivity contribution in [3.63, 3.8) is 0 Å². The number of carbonyl (C=O) groups excluding carboxylic acids is 1. The predicted molar refractivity (Wildman–Crippen MR) is 65.9 cm³/mol. The van der Waals surface area contributed by atoms with E-state index in [1.807, 2.05) is 16.8 Å². The second-order valence-electron chi connectivity index (χ2n) is 4.14. The van der Waals surface area contributed by atoms with Crippen LogP contribution in [0.5, 0.6) is 0 Å². The first-order valence-electron chi connectivity index (χ1n) is 5.54. The zero-order valence-electron chi connectivity index (χ0n) is 9.72. The molecule has 1 aliphatic rings. The van der Waals surface area contributed by atoms with E-state index in [0.717, 1.165) is 5.39 Å². The van der Waals surface area contributed by atoms with E-state index in [-0.39, 0.29) is 11.2 Å². The molecule has 3 rings (SSSR count). The number of nitrogens with zero attached hydrogens (tertiary/aromatic N) is 2. The molecule has 1 fully saturated rings. The van der Waals surface area contributed by atoms with Crippen LogP contribution < -0.4 is 0 Å². The summed E-state index contributed by atoms with van der Waals surface area (Å²) in [6.45, 7) is 1.32. The van der Waals surface area contributed by atoms with Crippen molar-refractivity contribution in [1.82, 2.24) is 9.55 Å². The third-order valence-corrected chi connectivity index (χ3v) is 3.27. The van der Waals surface area contributed by atoms with Gasteiger partial charge in [-0.1, -0.05) is 11.6 Å². The summed E-state index contributed by atoms with van der Waals surface area (Å²) in [7, 11) is 1.35. The van der Waals surface area contributed by atoms with Crippen molar-refractivity contribution in [3.05, 3.63) is 29.0 Å². The van der Waals surface area contributed by atoms with Gasteiger partial charge < -0.3 is 14.0 Å². The molecule has 5 nitrogen and oxygen atoms in total. The quantitative estimate of drug-likeness (QED) is 0.617. The summed E-state index contributed by atoms with van der Waals surface area (Å²) in [5.74, 6) is -0.410. The first kappa shape index (κ1) is 11.5. The fourth-order valence-corrected chi connectivity index (χ4v) is 2.24. The number of rotatable bonds is 2. The van der Waals surface area contributed by atoms with Gasteiger partial charge in [-0.15, -0.1) is 0 Å². The van der Waals surface area contributed by atoms with E-state index in [4.69, 9.17) is 21.1 Å². The predicted octanol–water partition coefficient (Wildman–Crippen LogP) is 2.05. The molecule has 0 saturated carbocycles. The number of hydrogen-bond donors (Lipinski definition) is 0. The van der Waals surface area contributed by atoms with Gasteiger partial charge in [-0.05, 0) is 12.1 Å². The van der Waals surface area contributed by atoms with Gasteiger partial charge in [-0.2, -0.15) is 0 Å². The molecule has 0 aliphatic carbocycles. The van der Waals surface area contributed by atoms with Gasteiger partial charge in [0.2, 0.25) is 0 Å². The van der Waals surface area contributed by atoms with Crippen LogP contribution in [0.25, 0.3) is 11.0 Å². The summed E-state index contributed by atoms with van der Waals surface area (Å²) in [5, 5.41) is 1.03. The molecule has 6 heteroatoms. The minimum atomic E-state index is -0.410. The molecule has 0 bridgehead atoms. The Morgan fingerprint density at radius 3 is 3.00 bits per heavy atom. The van der Waals surface area contributed by atoms with E-state index >= 15 is 0 Å². The van der Waals surface area contributed by atoms with Crippen LogP contribution >= 0.6 is 11.6 Å². The topological polar surface area (TPSA) is 53.3 Å². The number of fused-ring (bicyclic) bond motifs is 1. The van der Waals surface area contributed by atoms with Crippen LogP contribution in [0.3, 0.4) is 0 Å². The van der Waals surface area contributed by atoms with Gasteiger partial charge in [0.05, 0.1) is 31.9 Å². The molecule has 0 unspecified atom stereocenters. The van der Waals surface area contributed by atoms with Gasteiger partial charge in [-0.25, -0.2) is 9.78 Å². The SMILES string of the molecule is COC(=O)c1cc(Cl)nc2c1ccn2C1COC1. The maximum absolute atomic E-state index is 11.7. The Kier molecular flexibility index (Phi) is 2.72. The Bertz CT molecular complexity index is 619. The van der Waals surface area contributed by atoms with Crippen molar-refractivity contribution in [1.29, 1.82) is 0 Å². The lowest BCUT2D eigenvalue weighted by Gasteiger charge is -2.27. The van der Waals surface area contributed by atoms with Crippen molar-refractivity contribution in [3.8, 4) is 0 Å². The van der Waals surface area contributed by atoms with Gasteiger partial charge in [0.15, 0.2) is 0 Å². The second-order valence-corrected chi connectivity index (χ2v) is 4.52. The Balaban J connectivity index is 2.19. The number of halogens is 1. The molecule has 0 atom stereocenters. The number of methoxy groups -OCH3 is 1. The van der Waals surface area contributed by atoms with Gasteiger partial charge in [0.1, 0.15) is 10.8 Å². The maximum atomic E-state index is 11.7. The highest BCUT2D eigenvalue weighted by molar-refractivity contribution is 6.30. The summed E-state index contributed by atoms with van der Waals surface area (Å²) in [6, 6.07) is 3.64. The Hall–Kier alpha value is -1.59. The molecular formula is C12H11ClN2O3. The van der Waals surface area contributed by atoms with E-state index in [1.165, 1.54) is 13.2 Å². The summed E-state index contributed by atoms with van der Waals surface area (Å²) in [6.07, 6.45) is 1.90. The smallest absolute Gasteiger partial charge is 0.338 e. The normalized spacial score (nSPS) is 15.7. The van der Waals surface area contributed by atoms with Crippen molar-refractivity contribution in [2.75, 3.05) is 20.3 Å². The number of ether oxygens (including phenoxy) is 2. The van der Waals surface area contributed by atoms with E-state index in [1.54, 1.807) is 0 Å². The van der Waals surface area contributed by atoms with E-state index in [9.17, 15) is 4.79 Å². The lowest BCUT2D eigenvalue weighted by Crippen LogP contribution is -2.30. The Labute approximate surface area is 108 Å². The summed E-state index contributed by atoms with van der Waals surface area (Å²) < 4.78 is 11.9. The van der Waals surface area contributed by atoms with Crippen molar-refractivity contribution in [2.24, 2.45) is 0 Å². The molecule has 18 heavy (non-hydrogen) atoms. The molecular weight excluding hydrogens is 256 g/mol. The molecule has 0 N–H and O–H groups in total. The van der Waals surface area contributed by atoms with Crippen LogP contribution in [-0.2, 0) is 9.47 Å². The molecule has 2 aromatic rings. The Morgan fingerprint density at radius 2 is 2.39 bits per heavy atom. The van der Waals surface area contributed by atoms with Crippen LogP contribution in [-0.4, -0.2) is 35.8 Å². The van der Waals surface area contributed by atoms with Crippen molar-refractivity contribution in [2.45, 2.75) is 6.04 Å². The van der Waals surface area contributed by atoms with Crippen molar-refractivity contribution < 1.29 is 14.3 Å². The zero-order valence-corrected chi connectivity index (χ0v) is 10.5. The number of carbonyl (C=O) groups is 1. The largest absolute Gasteiger partial charge is 0.465 e. The average molecular weight is 267 g/mol. The second kappa shape index (κ2) is 4.26. The highest BCUT2D eigenvalue weighted by Crippen LogP contribution is 2.27. The first-order chi connectivity index (χ1) is 8.70. The Morgan fingerprint density at radius 1 is 1.61 bits per heavy atom. The molecule has 0 aromatic carbocycles. The molecule has 0 amide bonds. The van der Waals surface area contributed by atoms with Gasteiger partial charge in [-0.3, -0.25) is 0 Å². The molecule has 1 saturated heterocycles. The fraction of sp³-hybridized carbons (Fsp3) is 0.333. The molecule has 0 radical (unpaired) electrons. The summed E-state index contributed by atoms with van der Waals surface area (Å²) in [4.78, 5) is 16.0. The van der Waals surface area contributed by atoms with Crippen LogP contribution in [0.2, 0.25) is 5.15 Å². The highest BCUT2D eigenvalue weighted by Gasteiger charge is 2.24. The highest BCUT2D eigenvalue weighted by atomic mass is 35.5. The third-order valence-electron chi connectivity index (χ3n) is 3.07. The number of hydrogen-bond acceptors (Lipinski definition) is 4. The number of esters is 1. The minimum absolute atomic E-state index is 0.263. The van der Waals surface area contributed by atoms with Crippen LogP contribution in [0.4, 0.5) is 0 Å². The number of pyridine rings is 1. The van der Waals surface area contributed by atoms with E-state index in [0.29, 0.717) is 24.4 Å². The van der Waals surface area contributed by atoms with Crippen LogP contribution in [0, 0.1) is 0 Å².